The van der Waals surface area contributed by atoms with E-state index in [1.807, 2.05) is 48.5 Å². The number of hydrogen-bond donors (Lipinski definition) is 0. The summed E-state index contributed by atoms with van der Waals surface area (Å²) in [6, 6.07) is 32.5. The third kappa shape index (κ3) is 8.60. The second-order valence-corrected chi connectivity index (χ2v) is 14.7. The zero-order valence-electron chi connectivity index (χ0n) is 33.0. The molecule has 0 fully saturated rings. The molecule has 0 amide bonds. The lowest BCUT2D eigenvalue weighted by atomic mass is 9.99. The summed E-state index contributed by atoms with van der Waals surface area (Å²) in [7, 11) is 0. The highest BCUT2D eigenvalue weighted by atomic mass is 16.6. The van der Waals surface area contributed by atoms with Crippen LogP contribution in [0.4, 0.5) is 22.7 Å². The summed E-state index contributed by atoms with van der Waals surface area (Å²) >= 11 is 0. The zero-order chi connectivity index (χ0) is 43.3. The molecule has 6 aromatic carbocycles. The molecule has 8 aromatic rings. The fourth-order valence-corrected chi connectivity index (χ4v) is 7.62. The highest BCUT2D eigenvalue weighted by Crippen LogP contribution is 2.38. The maximum absolute atomic E-state index is 11.7. The van der Waals surface area contributed by atoms with Crippen molar-refractivity contribution in [1.82, 2.24) is 9.97 Å². The second kappa shape index (κ2) is 17.6. The van der Waals surface area contributed by atoms with Crippen molar-refractivity contribution in [3.05, 3.63) is 162 Å². The number of nitrogens with zero attached hydrogens (tertiary/aromatic N) is 6. The molecule has 0 aliphatic heterocycles. The lowest BCUT2D eigenvalue weighted by Crippen LogP contribution is -1.99. The van der Waals surface area contributed by atoms with Crippen LogP contribution in [0.1, 0.15) is 38.5 Å². The molecule has 0 unspecified atom stereocenters. The molecule has 2 heterocycles. The van der Waals surface area contributed by atoms with Gasteiger partial charge in [-0.15, -0.1) is 0 Å². The van der Waals surface area contributed by atoms with Crippen molar-refractivity contribution in [2.24, 2.45) is 0 Å². The molecule has 0 saturated heterocycles. The molecule has 16 heteroatoms. The van der Waals surface area contributed by atoms with Crippen LogP contribution in [0, 0.1) is 40.5 Å². The number of aromatic nitrogens is 2. The van der Waals surface area contributed by atoms with E-state index in [1.165, 1.54) is 48.5 Å². The molecule has 0 aliphatic carbocycles. The van der Waals surface area contributed by atoms with Crippen molar-refractivity contribution < 1.29 is 29.2 Å². The molecule has 0 aliphatic rings. The van der Waals surface area contributed by atoms with E-state index in [4.69, 9.17) is 19.4 Å². The van der Waals surface area contributed by atoms with Gasteiger partial charge in [-0.2, -0.15) is 0 Å². The Balaban J connectivity index is 0.847. The number of ether oxygens (including phenoxy) is 2. The Kier molecular flexibility index (Phi) is 11.5. The normalized spacial score (nSPS) is 11.3. The van der Waals surface area contributed by atoms with Gasteiger partial charge >= 0.3 is 0 Å². The maximum atomic E-state index is 11.7. The molecule has 8 rings (SSSR count). The molecule has 0 radical (unpaired) electrons. The minimum absolute atomic E-state index is 0.0895. The molecular weight excluding hydrogens is 797 g/mol. The number of unbranched alkanes of at least 4 members (excludes halogenated alkanes) is 5. The monoisotopic (exact) mass is 832 g/mol. The number of nitro benzene ring substituents is 4. The quantitative estimate of drug-likeness (QED) is 0.0362. The van der Waals surface area contributed by atoms with E-state index in [9.17, 15) is 40.5 Å². The summed E-state index contributed by atoms with van der Waals surface area (Å²) < 4.78 is 12.2. The highest BCUT2D eigenvalue weighted by molar-refractivity contribution is 6.13. The molecule has 0 atom stereocenters. The van der Waals surface area contributed by atoms with Gasteiger partial charge in [-0.25, -0.2) is 9.97 Å². The molecule has 0 N–H and O–H groups in total. The summed E-state index contributed by atoms with van der Waals surface area (Å²) in [5, 5.41) is 50.1. The van der Waals surface area contributed by atoms with Crippen molar-refractivity contribution in [3.63, 3.8) is 0 Å². The van der Waals surface area contributed by atoms with E-state index in [-0.39, 0.29) is 22.7 Å². The summed E-state index contributed by atoms with van der Waals surface area (Å²) in [5.41, 5.74) is 2.65. The summed E-state index contributed by atoms with van der Waals surface area (Å²) in [6.45, 7) is 0.968. The van der Waals surface area contributed by atoms with Crippen LogP contribution in [-0.4, -0.2) is 42.9 Å². The van der Waals surface area contributed by atoms with E-state index >= 15 is 0 Å². The Morgan fingerprint density at radius 3 is 1.13 bits per heavy atom. The predicted octanol–water partition coefficient (Wildman–Crippen LogP) is 11.9. The van der Waals surface area contributed by atoms with Gasteiger partial charge in [-0.3, -0.25) is 40.5 Å². The Morgan fingerprint density at radius 1 is 0.387 bits per heavy atom. The number of non-ortho nitro benzene ring substituents is 4. The maximum Gasteiger partial charge on any atom is 0.271 e. The first kappa shape index (κ1) is 40.6. The molecule has 0 saturated carbocycles. The van der Waals surface area contributed by atoms with E-state index in [1.54, 1.807) is 24.3 Å². The number of pyridine rings is 2. The van der Waals surface area contributed by atoms with E-state index < -0.39 is 19.7 Å². The first-order valence-electron chi connectivity index (χ1n) is 19.8. The van der Waals surface area contributed by atoms with E-state index in [2.05, 4.69) is 0 Å². The average Bonchev–Trinajstić information content (AvgIpc) is 3.28. The Hall–Kier alpha value is -8.14. The molecule has 2 aromatic heterocycles. The van der Waals surface area contributed by atoms with Gasteiger partial charge in [0.1, 0.15) is 11.5 Å². The first-order valence-corrected chi connectivity index (χ1v) is 19.8. The minimum Gasteiger partial charge on any atom is -0.494 e. The van der Waals surface area contributed by atoms with Gasteiger partial charge in [-0.1, -0.05) is 49.9 Å². The standard InChI is InChI=1S/C46H36N6O10/c53-49(54)31-13-17-37-39-19-15-33(51(57)58)27-43(39)47-45(41(37)25-31)29-9-7-11-35(23-29)61-21-5-3-1-2-4-6-22-62-36-12-8-10-30(24-36)46-42-26-32(50(55)56)14-18-38(42)40-20-16-34(52(59)60)28-44(40)48-46/h7-20,23-28H,1-6,21-22H2. The van der Waals surface area contributed by atoms with Crippen LogP contribution in [0.2, 0.25) is 0 Å². The van der Waals surface area contributed by atoms with Crippen LogP contribution in [0.5, 0.6) is 11.5 Å². The first-order chi connectivity index (χ1) is 30.0. The van der Waals surface area contributed by atoms with Gasteiger partial charge in [0.15, 0.2) is 0 Å². The van der Waals surface area contributed by atoms with Gasteiger partial charge in [0, 0.05) is 81.2 Å². The predicted molar refractivity (Wildman–Crippen MR) is 235 cm³/mol. The Bertz CT molecular complexity index is 2880. The lowest BCUT2D eigenvalue weighted by molar-refractivity contribution is -0.384. The number of fused-ring (bicyclic) bond motifs is 6. The minimum atomic E-state index is -0.485. The van der Waals surface area contributed by atoms with Gasteiger partial charge in [0.25, 0.3) is 22.7 Å². The smallest absolute Gasteiger partial charge is 0.271 e. The summed E-state index contributed by atoms with van der Waals surface area (Å²) in [5.74, 6) is 1.22. The van der Waals surface area contributed by atoms with E-state index in [0.29, 0.717) is 90.6 Å². The summed E-state index contributed by atoms with van der Waals surface area (Å²) in [4.78, 5) is 53.9. The van der Waals surface area contributed by atoms with Crippen molar-refractivity contribution >= 4 is 66.1 Å². The van der Waals surface area contributed by atoms with Crippen molar-refractivity contribution in [1.29, 1.82) is 0 Å². The van der Waals surface area contributed by atoms with Crippen molar-refractivity contribution in [3.8, 4) is 34.0 Å². The third-order valence-electron chi connectivity index (χ3n) is 10.7. The van der Waals surface area contributed by atoms with Crippen LogP contribution in [0.25, 0.3) is 65.9 Å². The molecule has 62 heavy (non-hydrogen) atoms. The fraction of sp³-hybridized carbons (Fsp3) is 0.174. The Labute approximate surface area is 352 Å². The molecule has 16 nitrogen and oxygen atoms in total. The van der Waals surface area contributed by atoms with Gasteiger partial charge in [-0.05, 0) is 72.1 Å². The fourth-order valence-electron chi connectivity index (χ4n) is 7.62. The Morgan fingerprint density at radius 2 is 0.742 bits per heavy atom. The topological polar surface area (TPSA) is 217 Å². The molecule has 0 bridgehead atoms. The number of benzene rings is 6. The van der Waals surface area contributed by atoms with Crippen LogP contribution < -0.4 is 9.47 Å². The SMILES string of the molecule is O=[N+]([O-])c1ccc2c(c1)nc(-c1cccc(OCCCCCCCCOc3cccc(-c4nc5cc([N+](=O)[O-])ccc5c5ccc([N+](=O)[O-])cc45)c3)c1)c1cc([N+](=O)[O-])ccc12. The molecule has 0 spiro atoms. The number of hydrogen-bond acceptors (Lipinski definition) is 12. The van der Waals surface area contributed by atoms with Crippen LogP contribution in [0.3, 0.4) is 0 Å². The average molecular weight is 833 g/mol. The molecular formula is C46H36N6O10. The van der Waals surface area contributed by atoms with Gasteiger partial charge in [0.2, 0.25) is 0 Å². The van der Waals surface area contributed by atoms with Gasteiger partial charge < -0.3 is 9.47 Å². The number of nitro groups is 4. The lowest BCUT2D eigenvalue weighted by Gasteiger charge is -2.12. The van der Waals surface area contributed by atoms with Crippen LogP contribution in [-0.2, 0) is 0 Å². The van der Waals surface area contributed by atoms with E-state index in [0.717, 1.165) is 38.5 Å². The molecule has 310 valence electrons. The summed E-state index contributed by atoms with van der Waals surface area (Å²) in [6.07, 6.45) is 5.57. The second-order valence-electron chi connectivity index (χ2n) is 14.7. The van der Waals surface area contributed by atoms with Crippen molar-refractivity contribution in [2.45, 2.75) is 38.5 Å². The van der Waals surface area contributed by atoms with Crippen LogP contribution >= 0.6 is 0 Å². The highest BCUT2D eigenvalue weighted by Gasteiger charge is 2.19. The zero-order valence-corrected chi connectivity index (χ0v) is 33.0. The van der Waals surface area contributed by atoms with Gasteiger partial charge in [0.05, 0.1) is 55.3 Å². The number of rotatable bonds is 17. The largest absolute Gasteiger partial charge is 0.494 e. The van der Waals surface area contributed by atoms with Crippen LogP contribution in [0.15, 0.2) is 121 Å². The van der Waals surface area contributed by atoms with Crippen molar-refractivity contribution in [2.75, 3.05) is 13.2 Å². The third-order valence-corrected chi connectivity index (χ3v) is 10.7.